The van der Waals surface area contributed by atoms with Crippen molar-refractivity contribution in [2.45, 2.75) is 26.4 Å². The maximum Gasteiger partial charge on any atom is 0.344 e. The zero-order valence-electron chi connectivity index (χ0n) is 13.9. The van der Waals surface area contributed by atoms with Crippen LogP contribution in [0.1, 0.15) is 36.7 Å². The minimum atomic E-state index is -0.589. The standard InChI is InChI=1S/C19H20O5/c1-19(2,3)24-17(21)12-23-14-9-10-15(16(20)11-14)18(22)13-7-5-4-6-8-13/h4-11,20H,12H2,1-3H3. The van der Waals surface area contributed by atoms with Crippen LogP contribution in [0.3, 0.4) is 0 Å². The van der Waals surface area contributed by atoms with Crippen molar-refractivity contribution in [3.8, 4) is 11.5 Å². The smallest absolute Gasteiger partial charge is 0.344 e. The first kappa shape index (κ1) is 17.5. The summed E-state index contributed by atoms with van der Waals surface area (Å²) in [6, 6.07) is 13.0. The summed E-state index contributed by atoms with van der Waals surface area (Å²) in [4.78, 5) is 23.9. The van der Waals surface area contributed by atoms with Crippen molar-refractivity contribution in [3.05, 3.63) is 59.7 Å². The van der Waals surface area contributed by atoms with E-state index in [1.165, 1.54) is 18.2 Å². The number of hydrogen-bond donors (Lipinski definition) is 1. The summed E-state index contributed by atoms with van der Waals surface area (Å²) in [7, 11) is 0. The Morgan fingerprint density at radius 1 is 1.04 bits per heavy atom. The van der Waals surface area contributed by atoms with Gasteiger partial charge in [-0.15, -0.1) is 0 Å². The van der Waals surface area contributed by atoms with Crippen LogP contribution in [0.2, 0.25) is 0 Å². The lowest BCUT2D eigenvalue weighted by Gasteiger charge is -2.19. The molecule has 0 saturated carbocycles. The first-order valence-corrected chi connectivity index (χ1v) is 7.54. The highest BCUT2D eigenvalue weighted by molar-refractivity contribution is 6.10. The summed E-state index contributed by atoms with van der Waals surface area (Å²) in [5.41, 5.74) is 0.0650. The molecule has 0 unspecified atom stereocenters. The normalized spacial score (nSPS) is 11.0. The van der Waals surface area contributed by atoms with E-state index in [1.807, 2.05) is 6.07 Å². The predicted octanol–water partition coefficient (Wildman–Crippen LogP) is 3.34. The molecule has 2 rings (SSSR count). The van der Waals surface area contributed by atoms with Gasteiger partial charge in [-0.3, -0.25) is 4.79 Å². The Bertz CT molecular complexity index is 729. The molecule has 0 aliphatic carbocycles. The molecule has 0 bridgehead atoms. The maximum atomic E-state index is 12.3. The van der Waals surface area contributed by atoms with E-state index in [1.54, 1.807) is 45.0 Å². The third-order valence-electron chi connectivity index (χ3n) is 3.03. The number of carbonyl (C=O) groups is 2. The van der Waals surface area contributed by atoms with Gasteiger partial charge in [-0.1, -0.05) is 30.3 Å². The van der Waals surface area contributed by atoms with Gasteiger partial charge in [-0.2, -0.15) is 0 Å². The first-order valence-electron chi connectivity index (χ1n) is 7.54. The van der Waals surface area contributed by atoms with E-state index in [9.17, 15) is 14.7 Å². The summed E-state index contributed by atoms with van der Waals surface area (Å²) in [6.45, 7) is 5.02. The summed E-state index contributed by atoms with van der Waals surface area (Å²) >= 11 is 0. The number of carbonyl (C=O) groups excluding carboxylic acids is 2. The van der Waals surface area contributed by atoms with Crippen LogP contribution in [0.25, 0.3) is 0 Å². The molecule has 0 aliphatic rings. The number of hydrogen-bond acceptors (Lipinski definition) is 5. The van der Waals surface area contributed by atoms with Crippen LogP contribution in [0, 0.1) is 0 Å². The van der Waals surface area contributed by atoms with Crippen LogP contribution in [0.15, 0.2) is 48.5 Å². The van der Waals surface area contributed by atoms with Crippen LogP contribution >= 0.6 is 0 Å². The van der Waals surface area contributed by atoms with Gasteiger partial charge in [0.05, 0.1) is 5.56 Å². The molecule has 0 amide bonds. The van der Waals surface area contributed by atoms with E-state index < -0.39 is 11.6 Å². The van der Waals surface area contributed by atoms with Crippen LogP contribution in [-0.4, -0.2) is 29.1 Å². The number of benzene rings is 2. The maximum absolute atomic E-state index is 12.3. The fraction of sp³-hybridized carbons (Fsp3) is 0.263. The highest BCUT2D eigenvalue weighted by atomic mass is 16.6. The Kier molecular flexibility index (Phi) is 5.24. The van der Waals surface area contributed by atoms with Crippen LogP contribution in [-0.2, 0) is 9.53 Å². The number of phenolic OH excluding ortho intramolecular Hbond substituents is 1. The Balaban J connectivity index is 2.05. The second-order valence-corrected chi connectivity index (χ2v) is 6.25. The molecule has 2 aromatic carbocycles. The van der Waals surface area contributed by atoms with Crippen molar-refractivity contribution in [1.29, 1.82) is 0 Å². The van der Waals surface area contributed by atoms with Gasteiger partial charge in [0, 0.05) is 11.6 Å². The SMILES string of the molecule is CC(C)(C)OC(=O)COc1ccc(C(=O)c2ccccc2)c(O)c1. The van der Waals surface area contributed by atoms with Crippen LogP contribution in [0.5, 0.6) is 11.5 Å². The topological polar surface area (TPSA) is 72.8 Å². The van der Waals surface area contributed by atoms with E-state index in [4.69, 9.17) is 9.47 Å². The molecule has 0 aromatic heterocycles. The zero-order valence-corrected chi connectivity index (χ0v) is 13.9. The lowest BCUT2D eigenvalue weighted by atomic mass is 10.0. The molecule has 0 spiro atoms. The third-order valence-corrected chi connectivity index (χ3v) is 3.03. The molecule has 2 aromatic rings. The highest BCUT2D eigenvalue weighted by Crippen LogP contribution is 2.26. The quantitative estimate of drug-likeness (QED) is 0.673. The molecule has 5 heteroatoms. The predicted molar refractivity (Wildman–Crippen MR) is 89.3 cm³/mol. The van der Waals surface area contributed by atoms with Crippen molar-refractivity contribution in [2.24, 2.45) is 0 Å². The molecule has 0 fully saturated rings. The monoisotopic (exact) mass is 328 g/mol. The molecule has 1 N–H and O–H groups in total. The Labute approximate surface area is 140 Å². The molecule has 0 saturated heterocycles. The third kappa shape index (κ3) is 4.84. The zero-order chi connectivity index (χ0) is 17.7. The molecule has 24 heavy (non-hydrogen) atoms. The molecule has 0 radical (unpaired) electrons. The van der Waals surface area contributed by atoms with Gasteiger partial charge in [0.25, 0.3) is 0 Å². The average molecular weight is 328 g/mol. The van der Waals surface area contributed by atoms with Gasteiger partial charge < -0.3 is 14.6 Å². The number of phenols is 1. The second kappa shape index (κ2) is 7.17. The lowest BCUT2D eigenvalue weighted by Crippen LogP contribution is -2.27. The summed E-state index contributed by atoms with van der Waals surface area (Å²) < 4.78 is 10.4. The number of aromatic hydroxyl groups is 1. The highest BCUT2D eigenvalue weighted by Gasteiger charge is 2.17. The molecular weight excluding hydrogens is 308 g/mol. The Morgan fingerprint density at radius 3 is 2.29 bits per heavy atom. The number of rotatable bonds is 5. The average Bonchev–Trinajstić information content (AvgIpc) is 2.52. The number of esters is 1. The van der Waals surface area contributed by atoms with E-state index in [2.05, 4.69) is 0 Å². The Morgan fingerprint density at radius 2 is 1.71 bits per heavy atom. The van der Waals surface area contributed by atoms with Crippen LogP contribution < -0.4 is 4.74 Å². The largest absolute Gasteiger partial charge is 0.507 e. The van der Waals surface area contributed by atoms with Crippen molar-refractivity contribution < 1.29 is 24.2 Å². The first-order chi connectivity index (χ1) is 11.3. The molecule has 5 nitrogen and oxygen atoms in total. The minimum Gasteiger partial charge on any atom is -0.507 e. The van der Waals surface area contributed by atoms with Gasteiger partial charge in [-0.25, -0.2) is 4.79 Å². The number of ketones is 1. The summed E-state index contributed by atoms with van der Waals surface area (Å²) in [5.74, 6) is -0.716. The van der Waals surface area contributed by atoms with E-state index in [0.29, 0.717) is 5.56 Å². The van der Waals surface area contributed by atoms with Gasteiger partial charge in [0.2, 0.25) is 0 Å². The fourth-order valence-electron chi connectivity index (χ4n) is 2.05. The van der Waals surface area contributed by atoms with E-state index in [0.717, 1.165) is 0 Å². The fourth-order valence-corrected chi connectivity index (χ4v) is 2.05. The minimum absolute atomic E-state index is 0.172. The summed E-state index contributed by atoms with van der Waals surface area (Å²) in [5, 5.41) is 10.1. The second-order valence-electron chi connectivity index (χ2n) is 6.25. The van der Waals surface area contributed by atoms with Crippen molar-refractivity contribution in [2.75, 3.05) is 6.61 Å². The molecule has 0 aliphatic heterocycles. The lowest BCUT2D eigenvalue weighted by molar-refractivity contribution is -0.157. The van der Waals surface area contributed by atoms with E-state index >= 15 is 0 Å². The molecule has 0 heterocycles. The molecule has 126 valence electrons. The van der Waals surface area contributed by atoms with Gasteiger partial charge >= 0.3 is 5.97 Å². The van der Waals surface area contributed by atoms with Gasteiger partial charge in [0.15, 0.2) is 12.4 Å². The molecule has 0 atom stereocenters. The van der Waals surface area contributed by atoms with Crippen LogP contribution in [0.4, 0.5) is 0 Å². The van der Waals surface area contributed by atoms with Gasteiger partial charge in [0.1, 0.15) is 17.1 Å². The van der Waals surface area contributed by atoms with E-state index in [-0.39, 0.29) is 29.5 Å². The Hall–Kier alpha value is -2.82. The summed E-state index contributed by atoms with van der Waals surface area (Å²) in [6.07, 6.45) is 0. The van der Waals surface area contributed by atoms with Crippen molar-refractivity contribution in [3.63, 3.8) is 0 Å². The van der Waals surface area contributed by atoms with Crippen molar-refractivity contribution >= 4 is 11.8 Å². The van der Waals surface area contributed by atoms with Gasteiger partial charge in [-0.05, 0) is 32.9 Å². The molecular formula is C19H20O5. The number of ether oxygens (including phenoxy) is 2. The van der Waals surface area contributed by atoms with Crippen molar-refractivity contribution in [1.82, 2.24) is 0 Å².